The van der Waals surface area contributed by atoms with E-state index in [-0.39, 0.29) is 12.5 Å². The SMILES string of the molecule is CC[C@H](C(=O)N1CCCC[C@H]1C(=O)O[C@H](CCc1ccc(OC)c(OC)c1)c1cccc(OCC(O)NCCOCCOCCOCCNCc2cccc3c2ccn3Cc2ccccc2)c1)c1cc(OC)c(OC)c(OC)c1. The van der Waals surface area contributed by atoms with Gasteiger partial charge in [-0.15, -0.1) is 0 Å². The second-order valence-corrected chi connectivity index (χ2v) is 19.3. The molecule has 1 saturated heterocycles. The number of hydrogen-bond acceptors (Lipinski definition) is 15. The minimum absolute atomic E-state index is 0.0403. The van der Waals surface area contributed by atoms with E-state index >= 15 is 0 Å². The number of aromatic nitrogens is 1. The van der Waals surface area contributed by atoms with Crippen molar-refractivity contribution in [2.45, 2.75) is 82.8 Å². The number of aryl methyl sites for hydroxylation is 1. The first-order valence-corrected chi connectivity index (χ1v) is 27.4. The van der Waals surface area contributed by atoms with Crippen molar-refractivity contribution in [3.8, 4) is 34.5 Å². The minimum Gasteiger partial charge on any atom is -0.493 e. The van der Waals surface area contributed by atoms with E-state index in [9.17, 15) is 14.7 Å². The number of aliphatic hydroxyl groups excluding tert-OH is 1. The van der Waals surface area contributed by atoms with Crippen LogP contribution in [0.15, 0.2) is 115 Å². The zero-order chi connectivity index (χ0) is 55.8. The lowest BCUT2D eigenvalue weighted by Crippen LogP contribution is -2.50. The molecule has 0 spiro atoms. The molecule has 4 atom stereocenters. The molecule has 2 heterocycles. The van der Waals surface area contributed by atoms with Crippen LogP contribution in [0.1, 0.15) is 78.9 Å². The van der Waals surface area contributed by atoms with Gasteiger partial charge in [-0.1, -0.05) is 67.6 Å². The number of fused-ring (bicyclic) bond motifs is 1. The molecule has 0 aliphatic carbocycles. The number of carbonyl (C=O) groups is 2. The van der Waals surface area contributed by atoms with Crippen molar-refractivity contribution < 1.29 is 62.1 Å². The van der Waals surface area contributed by atoms with Crippen molar-refractivity contribution in [3.63, 3.8) is 0 Å². The van der Waals surface area contributed by atoms with E-state index in [0.717, 1.165) is 38.0 Å². The fourth-order valence-electron chi connectivity index (χ4n) is 9.95. The van der Waals surface area contributed by atoms with E-state index in [2.05, 4.69) is 69.9 Å². The maximum Gasteiger partial charge on any atom is 0.329 e. The molecule has 0 radical (unpaired) electrons. The molecule has 17 heteroatoms. The van der Waals surface area contributed by atoms with Crippen LogP contribution < -0.4 is 39.1 Å². The topological polar surface area (TPSA) is 179 Å². The lowest BCUT2D eigenvalue weighted by Gasteiger charge is -2.37. The van der Waals surface area contributed by atoms with E-state index in [0.29, 0.717) is 124 Å². The molecule has 17 nitrogen and oxygen atoms in total. The van der Waals surface area contributed by atoms with Crippen LogP contribution in [0.5, 0.6) is 34.5 Å². The van der Waals surface area contributed by atoms with Crippen LogP contribution in [-0.4, -0.2) is 140 Å². The lowest BCUT2D eigenvalue weighted by molar-refractivity contribution is -0.162. The first-order valence-electron chi connectivity index (χ1n) is 27.4. The second kappa shape index (κ2) is 31.7. The Morgan fingerprint density at radius 2 is 1.39 bits per heavy atom. The Kier molecular flexibility index (Phi) is 24.0. The molecule has 0 saturated carbocycles. The van der Waals surface area contributed by atoms with E-state index in [1.54, 1.807) is 37.3 Å². The summed E-state index contributed by atoms with van der Waals surface area (Å²) in [5.74, 6) is 1.78. The summed E-state index contributed by atoms with van der Waals surface area (Å²) >= 11 is 0. The minimum atomic E-state index is -0.976. The molecule has 6 aromatic rings. The summed E-state index contributed by atoms with van der Waals surface area (Å²) in [6.07, 6.45) is 3.89. The lowest BCUT2D eigenvalue weighted by atomic mass is 9.91. The number of amides is 1. The monoisotopic (exact) mass is 1090 g/mol. The van der Waals surface area contributed by atoms with Gasteiger partial charge < -0.3 is 67.3 Å². The number of carbonyl (C=O) groups excluding carboxylic acids is 2. The van der Waals surface area contributed by atoms with Crippen LogP contribution in [0.25, 0.3) is 10.9 Å². The summed E-state index contributed by atoms with van der Waals surface area (Å²) in [4.78, 5) is 30.7. The van der Waals surface area contributed by atoms with Crippen LogP contribution in [-0.2, 0) is 48.0 Å². The molecule has 79 heavy (non-hydrogen) atoms. The third-order valence-electron chi connectivity index (χ3n) is 14.1. The summed E-state index contributed by atoms with van der Waals surface area (Å²) in [7, 11) is 7.79. The zero-order valence-corrected chi connectivity index (χ0v) is 46.7. The Bertz CT molecular complexity index is 2780. The Hall–Kier alpha value is -6.86. The van der Waals surface area contributed by atoms with Gasteiger partial charge in [-0.3, -0.25) is 10.1 Å². The average Bonchev–Trinajstić information content (AvgIpc) is 4.02. The normalized spacial score (nSPS) is 14.6. The van der Waals surface area contributed by atoms with Crippen molar-refractivity contribution in [1.82, 2.24) is 20.1 Å². The van der Waals surface area contributed by atoms with Crippen molar-refractivity contribution >= 4 is 22.8 Å². The van der Waals surface area contributed by atoms with Gasteiger partial charge in [0, 0.05) is 49.8 Å². The van der Waals surface area contributed by atoms with Crippen molar-refractivity contribution in [2.75, 3.05) is 101 Å². The molecule has 1 fully saturated rings. The van der Waals surface area contributed by atoms with Gasteiger partial charge in [0.25, 0.3) is 0 Å². The average molecular weight is 1090 g/mol. The summed E-state index contributed by atoms with van der Waals surface area (Å²) in [6.45, 7) is 7.77. The Morgan fingerprint density at radius 1 is 0.684 bits per heavy atom. The van der Waals surface area contributed by atoms with E-state index in [4.69, 9.17) is 47.4 Å². The molecule has 1 amide bonds. The highest BCUT2D eigenvalue weighted by Crippen LogP contribution is 2.42. The van der Waals surface area contributed by atoms with Crippen LogP contribution in [0, 0.1) is 0 Å². The van der Waals surface area contributed by atoms with Crippen LogP contribution >= 0.6 is 0 Å². The molecule has 426 valence electrons. The van der Waals surface area contributed by atoms with Crippen molar-refractivity contribution in [3.05, 3.63) is 143 Å². The number of rotatable bonds is 34. The number of benzene rings is 5. The van der Waals surface area contributed by atoms with Crippen LogP contribution in [0.3, 0.4) is 0 Å². The second-order valence-electron chi connectivity index (χ2n) is 19.3. The number of likely N-dealkylation sites (tertiary alicyclic amines) is 1. The molecule has 1 aromatic heterocycles. The largest absolute Gasteiger partial charge is 0.493 e. The van der Waals surface area contributed by atoms with Crippen molar-refractivity contribution in [1.29, 1.82) is 0 Å². The summed E-state index contributed by atoms with van der Waals surface area (Å²) in [6, 6.07) is 35.0. The fraction of sp³-hybridized carbons (Fsp3) is 0.452. The molecular formula is C62H80N4O13. The molecule has 3 N–H and O–H groups in total. The van der Waals surface area contributed by atoms with Gasteiger partial charge in [-0.25, -0.2) is 4.79 Å². The quantitative estimate of drug-likeness (QED) is 0.0199. The van der Waals surface area contributed by atoms with Gasteiger partial charge in [0.1, 0.15) is 30.7 Å². The van der Waals surface area contributed by atoms with Gasteiger partial charge in [-0.05, 0) is 115 Å². The van der Waals surface area contributed by atoms with Gasteiger partial charge in [0.15, 0.2) is 23.0 Å². The first kappa shape index (κ1) is 59.8. The van der Waals surface area contributed by atoms with E-state index in [1.165, 1.54) is 43.4 Å². The van der Waals surface area contributed by atoms with Crippen LogP contribution in [0.2, 0.25) is 0 Å². The number of nitrogens with one attached hydrogen (secondary N) is 2. The van der Waals surface area contributed by atoms with Crippen LogP contribution in [0.4, 0.5) is 0 Å². The van der Waals surface area contributed by atoms with Crippen molar-refractivity contribution in [2.24, 2.45) is 0 Å². The van der Waals surface area contributed by atoms with E-state index in [1.807, 2.05) is 49.4 Å². The predicted octanol–water partition coefficient (Wildman–Crippen LogP) is 8.65. The molecule has 5 aromatic carbocycles. The molecule has 0 bridgehead atoms. The highest BCUT2D eigenvalue weighted by molar-refractivity contribution is 5.89. The van der Waals surface area contributed by atoms with Gasteiger partial charge in [-0.2, -0.15) is 0 Å². The maximum absolute atomic E-state index is 14.5. The summed E-state index contributed by atoms with van der Waals surface area (Å²) in [5.41, 5.74) is 6.13. The predicted molar refractivity (Wildman–Crippen MR) is 303 cm³/mol. The maximum atomic E-state index is 14.5. The number of nitrogens with zero attached hydrogens (tertiary/aromatic N) is 2. The third-order valence-corrected chi connectivity index (χ3v) is 14.1. The fourth-order valence-corrected chi connectivity index (χ4v) is 9.95. The number of hydrogen-bond donors (Lipinski definition) is 3. The molecule has 1 unspecified atom stereocenters. The summed E-state index contributed by atoms with van der Waals surface area (Å²) in [5, 5.41) is 18.5. The molecule has 1 aliphatic rings. The standard InChI is InChI=1S/C62H80N4O13/c1-7-50(48-39-57(72-4)60(74-6)58(40-48)73-5)61(68)66-29-12-11-20-53(66)62(69)79-54(24-22-44-23-25-55(70-2)56(37-44)71-3)46-17-13-19-49(38-46)78-43-59(67)64-28-32-76-34-36-77-35-33-75-31-27-63-41-47-18-14-21-52-51(47)26-30-65(52)42-45-15-9-8-10-16-45/h8-10,13-19,21,23,25-26,30,37-40,50,53-54,59,63-64,67H,7,11-12,20,22,24,27-29,31-36,41-43H2,1-6H3/t50-,53-,54+,59?/m0/s1. The Labute approximate surface area is 465 Å². The highest BCUT2D eigenvalue weighted by Gasteiger charge is 2.38. The highest BCUT2D eigenvalue weighted by atomic mass is 16.6. The number of aliphatic hydroxyl groups is 1. The molecule has 1 aliphatic heterocycles. The number of ether oxygens (including phenoxy) is 10. The Morgan fingerprint density at radius 3 is 2.10 bits per heavy atom. The number of piperidine rings is 1. The van der Waals surface area contributed by atoms with Gasteiger partial charge >= 0.3 is 5.97 Å². The smallest absolute Gasteiger partial charge is 0.329 e. The summed E-state index contributed by atoms with van der Waals surface area (Å²) < 4.78 is 59.8. The first-order chi connectivity index (χ1) is 38.7. The zero-order valence-electron chi connectivity index (χ0n) is 46.7. The number of esters is 1. The van der Waals surface area contributed by atoms with Gasteiger partial charge in [0.05, 0.1) is 81.1 Å². The molecular weight excluding hydrogens is 1010 g/mol. The number of methoxy groups -OCH3 is 5. The Balaban J connectivity index is 0.838. The van der Waals surface area contributed by atoms with Gasteiger partial charge in [0.2, 0.25) is 11.7 Å². The van der Waals surface area contributed by atoms with E-state index < -0.39 is 30.3 Å². The molecule has 7 rings (SSSR count). The third kappa shape index (κ3) is 17.1.